The average molecular weight is 242 g/mol. The van der Waals surface area contributed by atoms with Crippen LogP contribution in [0.2, 0.25) is 0 Å². The first kappa shape index (κ1) is 14.9. The molecule has 1 saturated heterocycles. The summed E-state index contributed by atoms with van der Waals surface area (Å²) in [4.78, 5) is 0. The highest BCUT2D eigenvalue weighted by Gasteiger charge is 2.28. The largest absolute Gasteiger partial charge is 0.380 e. The zero-order valence-electron chi connectivity index (χ0n) is 12.0. The standard InChI is InChI=1S/C14H30N2O/c1-13(2,3)8-12(9-15)10-16-14(4)6-5-7-17-11-14/h12,16H,5-11,15H2,1-4H3. The molecule has 3 nitrogen and oxygen atoms in total. The fourth-order valence-corrected chi connectivity index (χ4v) is 2.57. The Labute approximate surface area is 106 Å². The van der Waals surface area contributed by atoms with Gasteiger partial charge in [0.05, 0.1) is 6.61 Å². The maximum absolute atomic E-state index is 5.87. The van der Waals surface area contributed by atoms with Crippen molar-refractivity contribution >= 4 is 0 Å². The van der Waals surface area contributed by atoms with Gasteiger partial charge in [-0.1, -0.05) is 20.8 Å². The molecule has 0 amide bonds. The molecule has 1 rings (SSSR count). The van der Waals surface area contributed by atoms with Gasteiger partial charge in [-0.3, -0.25) is 0 Å². The van der Waals surface area contributed by atoms with Crippen LogP contribution in [0.25, 0.3) is 0 Å². The van der Waals surface area contributed by atoms with Crippen molar-refractivity contribution in [3.63, 3.8) is 0 Å². The summed E-state index contributed by atoms with van der Waals surface area (Å²) in [6.45, 7) is 12.6. The first-order valence-corrected chi connectivity index (χ1v) is 6.87. The third kappa shape index (κ3) is 5.84. The Morgan fingerprint density at radius 2 is 2.12 bits per heavy atom. The van der Waals surface area contributed by atoms with E-state index in [9.17, 15) is 0 Å². The van der Waals surface area contributed by atoms with Crippen molar-refractivity contribution < 1.29 is 4.74 Å². The molecular formula is C14H30N2O. The molecule has 3 N–H and O–H groups in total. The SMILES string of the molecule is CC(C)(C)CC(CN)CNC1(C)CCCOC1. The molecule has 17 heavy (non-hydrogen) atoms. The highest BCUT2D eigenvalue weighted by molar-refractivity contribution is 4.86. The number of rotatable bonds is 5. The molecule has 0 aliphatic carbocycles. The van der Waals surface area contributed by atoms with E-state index in [-0.39, 0.29) is 5.54 Å². The summed E-state index contributed by atoms with van der Waals surface area (Å²) in [5.41, 5.74) is 6.38. The van der Waals surface area contributed by atoms with E-state index in [2.05, 4.69) is 33.0 Å². The Balaban J connectivity index is 2.36. The zero-order chi connectivity index (χ0) is 12.9. The number of hydrogen-bond acceptors (Lipinski definition) is 3. The third-order valence-corrected chi connectivity index (χ3v) is 3.49. The van der Waals surface area contributed by atoms with Gasteiger partial charge in [-0.2, -0.15) is 0 Å². The van der Waals surface area contributed by atoms with E-state index in [0.29, 0.717) is 11.3 Å². The maximum atomic E-state index is 5.87. The lowest BCUT2D eigenvalue weighted by Crippen LogP contribution is -2.51. The second-order valence-corrected chi connectivity index (χ2v) is 6.96. The minimum atomic E-state index is 0.156. The van der Waals surface area contributed by atoms with Crippen LogP contribution >= 0.6 is 0 Å². The molecular weight excluding hydrogens is 212 g/mol. The van der Waals surface area contributed by atoms with Crippen LogP contribution in [0.15, 0.2) is 0 Å². The van der Waals surface area contributed by atoms with E-state index >= 15 is 0 Å². The number of nitrogens with one attached hydrogen (secondary N) is 1. The van der Waals surface area contributed by atoms with Gasteiger partial charge in [-0.05, 0) is 50.6 Å². The van der Waals surface area contributed by atoms with E-state index in [1.54, 1.807) is 0 Å². The molecule has 0 bridgehead atoms. The van der Waals surface area contributed by atoms with Crippen LogP contribution in [0.3, 0.4) is 0 Å². The summed E-state index contributed by atoms with van der Waals surface area (Å²) in [6.07, 6.45) is 3.54. The van der Waals surface area contributed by atoms with Gasteiger partial charge in [0.1, 0.15) is 0 Å². The Hall–Kier alpha value is -0.120. The second kappa shape index (κ2) is 6.17. The lowest BCUT2D eigenvalue weighted by atomic mass is 9.84. The van der Waals surface area contributed by atoms with Crippen LogP contribution in [0.5, 0.6) is 0 Å². The summed E-state index contributed by atoms with van der Waals surface area (Å²) < 4.78 is 5.56. The van der Waals surface area contributed by atoms with Crippen molar-refractivity contribution in [2.45, 2.75) is 52.5 Å². The highest BCUT2D eigenvalue weighted by atomic mass is 16.5. The molecule has 1 heterocycles. The molecule has 0 aromatic rings. The average Bonchev–Trinajstić information content (AvgIpc) is 2.24. The maximum Gasteiger partial charge on any atom is 0.0645 e. The van der Waals surface area contributed by atoms with Crippen LogP contribution in [0, 0.1) is 11.3 Å². The smallest absolute Gasteiger partial charge is 0.0645 e. The predicted molar refractivity (Wildman–Crippen MR) is 73.1 cm³/mol. The number of nitrogens with two attached hydrogens (primary N) is 1. The van der Waals surface area contributed by atoms with Crippen LogP contribution in [-0.4, -0.2) is 31.8 Å². The summed E-state index contributed by atoms with van der Waals surface area (Å²) in [5, 5.41) is 3.67. The van der Waals surface area contributed by atoms with Crippen molar-refractivity contribution in [1.29, 1.82) is 0 Å². The van der Waals surface area contributed by atoms with Crippen molar-refractivity contribution in [3.8, 4) is 0 Å². The summed E-state index contributed by atoms with van der Waals surface area (Å²) in [5.74, 6) is 0.564. The summed E-state index contributed by atoms with van der Waals surface area (Å²) in [6, 6.07) is 0. The molecule has 0 saturated carbocycles. The Kier molecular flexibility index (Phi) is 5.42. The molecule has 102 valence electrons. The van der Waals surface area contributed by atoms with E-state index in [4.69, 9.17) is 10.5 Å². The van der Waals surface area contributed by atoms with Crippen LogP contribution in [-0.2, 0) is 4.74 Å². The van der Waals surface area contributed by atoms with Gasteiger partial charge >= 0.3 is 0 Å². The van der Waals surface area contributed by atoms with Crippen LogP contribution in [0.4, 0.5) is 0 Å². The summed E-state index contributed by atoms with van der Waals surface area (Å²) in [7, 11) is 0. The van der Waals surface area contributed by atoms with Gasteiger partial charge < -0.3 is 15.8 Å². The lowest BCUT2D eigenvalue weighted by molar-refractivity contribution is 0.0262. The molecule has 0 spiro atoms. The normalized spacial score (nSPS) is 28.1. The first-order valence-electron chi connectivity index (χ1n) is 6.87. The van der Waals surface area contributed by atoms with Crippen LogP contribution < -0.4 is 11.1 Å². The van der Waals surface area contributed by atoms with Gasteiger partial charge in [0.2, 0.25) is 0 Å². The Bertz CT molecular complexity index is 217. The van der Waals surface area contributed by atoms with Crippen molar-refractivity contribution in [2.24, 2.45) is 17.1 Å². The molecule has 3 heteroatoms. The number of ether oxygens (including phenoxy) is 1. The van der Waals surface area contributed by atoms with Gasteiger partial charge in [0.15, 0.2) is 0 Å². The zero-order valence-corrected chi connectivity index (χ0v) is 12.0. The number of hydrogen-bond donors (Lipinski definition) is 2. The van der Waals surface area contributed by atoms with E-state index in [1.165, 1.54) is 12.8 Å². The highest BCUT2D eigenvalue weighted by Crippen LogP contribution is 2.25. The van der Waals surface area contributed by atoms with Gasteiger partial charge in [0, 0.05) is 12.1 Å². The molecule has 2 unspecified atom stereocenters. The minimum Gasteiger partial charge on any atom is -0.380 e. The molecule has 1 aliphatic heterocycles. The molecule has 0 radical (unpaired) electrons. The molecule has 0 aromatic heterocycles. The fourth-order valence-electron chi connectivity index (χ4n) is 2.57. The Morgan fingerprint density at radius 3 is 2.59 bits per heavy atom. The summed E-state index contributed by atoms with van der Waals surface area (Å²) >= 11 is 0. The molecule has 1 aliphatic rings. The van der Waals surface area contributed by atoms with Crippen LogP contribution in [0.1, 0.15) is 47.0 Å². The quantitative estimate of drug-likeness (QED) is 0.776. The van der Waals surface area contributed by atoms with E-state index in [0.717, 1.165) is 32.7 Å². The topological polar surface area (TPSA) is 47.3 Å². The predicted octanol–water partition coefficient (Wildman–Crippen LogP) is 2.16. The first-order chi connectivity index (χ1) is 7.85. The third-order valence-electron chi connectivity index (χ3n) is 3.49. The van der Waals surface area contributed by atoms with Gasteiger partial charge in [0.25, 0.3) is 0 Å². The fraction of sp³-hybridized carbons (Fsp3) is 1.00. The van der Waals surface area contributed by atoms with Crippen molar-refractivity contribution in [1.82, 2.24) is 5.32 Å². The van der Waals surface area contributed by atoms with Gasteiger partial charge in [-0.25, -0.2) is 0 Å². The van der Waals surface area contributed by atoms with Crippen molar-refractivity contribution in [3.05, 3.63) is 0 Å². The lowest BCUT2D eigenvalue weighted by Gasteiger charge is -2.36. The molecule has 1 fully saturated rings. The van der Waals surface area contributed by atoms with E-state index in [1.807, 2.05) is 0 Å². The molecule has 0 aromatic carbocycles. The molecule has 2 atom stereocenters. The minimum absolute atomic E-state index is 0.156. The van der Waals surface area contributed by atoms with Gasteiger partial charge in [-0.15, -0.1) is 0 Å². The monoisotopic (exact) mass is 242 g/mol. The van der Waals surface area contributed by atoms with Crippen molar-refractivity contribution in [2.75, 3.05) is 26.3 Å². The Morgan fingerprint density at radius 1 is 1.41 bits per heavy atom. The second-order valence-electron chi connectivity index (χ2n) is 6.96. The van der Waals surface area contributed by atoms with E-state index < -0.39 is 0 Å².